The molecule has 1 heterocycles. The number of hydrogen-bond donors (Lipinski definition) is 1. The van der Waals surface area contributed by atoms with E-state index in [9.17, 15) is 9.59 Å². The molecule has 4 heteroatoms. The summed E-state index contributed by atoms with van der Waals surface area (Å²) in [5.74, 6) is 0.918. The first-order chi connectivity index (χ1) is 9.34. The van der Waals surface area contributed by atoms with Gasteiger partial charge in [0.05, 0.1) is 0 Å². The van der Waals surface area contributed by atoms with Crippen molar-refractivity contribution in [2.75, 3.05) is 6.54 Å². The molecule has 1 aliphatic heterocycles. The average Bonchev–Trinajstić information content (AvgIpc) is 3.15. The number of carbonyl (C=O) groups is 2. The summed E-state index contributed by atoms with van der Waals surface area (Å²) in [4.78, 5) is 27.0. The van der Waals surface area contributed by atoms with E-state index in [1.54, 1.807) is 0 Å². The van der Waals surface area contributed by atoms with Gasteiger partial charge in [-0.2, -0.15) is 0 Å². The van der Waals surface area contributed by atoms with Crippen LogP contribution in [-0.2, 0) is 9.59 Å². The van der Waals surface area contributed by atoms with Gasteiger partial charge >= 0.3 is 0 Å². The maximum absolute atomic E-state index is 12.7. The first-order valence-electron chi connectivity index (χ1n) is 7.95. The fourth-order valence-electron chi connectivity index (χ4n) is 2.90. The molecule has 1 N–H and O–H groups in total. The van der Waals surface area contributed by atoms with Gasteiger partial charge in [0.25, 0.3) is 0 Å². The van der Waals surface area contributed by atoms with E-state index in [1.165, 1.54) is 12.8 Å². The third-order valence-electron chi connectivity index (χ3n) is 4.40. The van der Waals surface area contributed by atoms with Crippen molar-refractivity contribution in [3.05, 3.63) is 0 Å². The molecule has 4 nitrogen and oxygen atoms in total. The van der Waals surface area contributed by atoms with E-state index in [1.807, 2.05) is 25.7 Å². The summed E-state index contributed by atoms with van der Waals surface area (Å²) in [6.07, 6.45) is 5.31. The van der Waals surface area contributed by atoms with Crippen LogP contribution in [0, 0.1) is 11.3 Å². The third-order valence-corrected chi connectivity index (χ3v) is 4.40. The highest BCUT2D eigenvalue weighted by atomic mass is 16.2. The topological polar surface area (TPSA) is 49.4 Å². The zero-order valence-corrected chi connectivity index (χ0v) is 13.2. The second kappa shape index (κ2) is 5.74. The van der Waals surface area contributed by atoms with Crippen LogP contribution in [0.2, 0.25) is 0 Å². The molecule has 1 saturated heterocycles. The van der Waals surface area contributed by atoms with E-state index in [0.29, 0.717) is 0 Å². The maximum Gasteiger partial charge on any atom is 0.246 e. The zero-order chi connectivity index (χ0) is 14.9. The molecule has 2 fully saturated rings. The molecule has 0 aromatic heterocycles. The first-order valence-corrected chi connectivity index (χ1v) is 7.95. The Kier molecular flexibility index (Phi) is 4.40. The minimum atomic E-state index is -0.387. The Balaban J connectivity index is 2.13. The molecule has 0 aromatic carbocycles. The second-order valence-electron chi connectivity index (χ2n) is 7.38. The van der Waals surface area contributed by atoms with Crippen LogP contribution in [0.3, 0.4) is 0 Å². The van der Waals surface area contributed by atoms with Crippen molar-refractivity contribution in [3.8, 4) is 0 Å². The van der Waals surface area contributed by atoms with Gasteiger partial charge in [-0.3, -0.25) is 9.59 Å². The minimum absolute atomic E-state index is 0.0298. The highest BCUT2D eigenvalue weighted by Gasteiger charge is 2.44. The number of rotatable bonds is 5. The molecule has 0 radical (unpaired) electrons. The van der Waals surface area contributed by atoms with E-state index in [-0.39, 0.29) is 29.3 Å². The quantitative estimate of drug-likeness (QED) is 0.840. The van der Waals surface area contributed by atoms with Crippen molar-refractivity contribution >= 4 is 11.8 Å². The van der Waals surface area contributed by atoms with Crippen molar-refractivity contribution in [3.63, 3.8) is 0 Å². The van der Waals surface area contributed by atoms with E-state index >= 15 is 0 Å². The van der Waals surface area contributed by atoms with Crippen LogP contribution in [0.5, 0.6) is 0 Å². The molecule has 2 amide bonds. The number of hydrogen-bond acceptors (Lipinski definition) is 2. The van der Waals surface area contributed by atoms with Gasteiger partial charge in [-0.05, 0) is 24.2 Å². The Morgan fingerprint density at radius 3 is 2.35 bits per heavy atom. The lowest BCUT2D eigenvalue weighted by Crippen LogP contribution is -2.66. The second-order valence-corrected chi connectivity index (χ2v) is 7.38. The van der Waals surface area contributed by atoms with Gasteiger partial charge in [0.1, 0.15) is 12.1 Å². The number of amides is 2. The molecule has 2 rings (SSSR count). The van der Waals surface area contributed by atoms with Crippen LogP contribution in [0.25, 0.3) is 0 Å². The number of nitrogens with one attached hydrogen (secondary N) is 1. The smallest absolute Gasteiger partial charge is 0.246 e. The van der Waals surface area contributed by atoms with E-state index in [0.717, 1.165) is 31.7 Å². The molecule has 0 aromatic rings. The van der Waals surface area contributed by atoms with E-state index < -0.39 is 0 Å². The normalized spacial score (nSPS) is 27.7. The predicted octanol–water partition coefficient (Wildman–Crippen LogP) is 2.33. The molecule has 2 aliphatic rings. The average molecular weight is 280 g/mol. The third kappa shape index (κ3) is 3.33. The molecule has 1 aliphatic carbocycles. The van der Waals surface area contributed by atoms with Gasteiger partial charge in [-0.15, -0.1) is 0 Å². The van der Waals surface area contributed by atoms with Crippen LogP contribution < -0.4 is 5.32 Å². The molecule has 2 unspecified atom stereocenters. The van der Waals surface area contributed by atoms with Gasteiger partial charge in [0.2, 0.25) is 11.8 Å². The highest BCUT2D eigenvalue weighted by molar-refractivity contribution is 5.97. The molecule has 2 atom stereocenters. The molecule has 20 heavy (non-hydrogen) atoms. The van der Waals surface area contributed by atoms with Crippen molar-refractivity contribution in [2.45, 2.75) is 71.9 Å². The Morgan fingerprint density at radius 1 is 1.20 bits per heavy atom. The Morgan fingerprint density at radius 2 is 1.85 bits per heavy atom. The largest absolute Gasteiger partial charge is 0.342 e. The SMILES string of the molecule is CCCC1C(=O)NC(C(C)(C)C)C(=O)N1CCC1CC1. The van der Waals surface area contributed by atoms with Crippen molar-refractivity contribution in [1.29, 1.82) is 0 Å². The highest BCUT2D eigenvalue weighted by Crippen LogP contribution is 2.34. The van der Waals surface area contributed by atoms with Gasteiger partial charge in [0, 0.05) is 6.54 Å². The molecule has 0 bridgehead atoms. The van der Waals surface area contributed by atoms with Crippen LogP contribution in [-0.4, -0.2) is 35.3 Å². The summed E-state index contributed by atoms with van der Waals surface area (Å²) < 4.78 is 0. The summed E-state index contributed by atoms with van der Waals surface area (Å²) in [5.41, 5.74) is -0.234. The van der Waals surface area contributed by atoms with Gasteiger partial charge in [-0.25, -0.2) is 0 Å². The van der Waals surface area contributed by atoms with Crippen LogP contribution >= 0.6 is 0 Å². The van der Waals surface area contributed by atoms with Crippen LogP contribution in [0.4, 0.5) is 0 Å². The Bertz CT molecular complexity index is 382. The lowest BCUT2D eigenvalue weighted by Gasteiger charge is -2.43. The van der Waals surface area contributed by atoms with E-state index in [4.69, 9.17) is 0 Å². The van der Waals surface area contributed by atoms with E-state index in [2.05, 4.69) is 12.2 Å². The minimum Gasteiger partial charge on any atom is -0.342 e. The Hall–Kier alpha value is -1.06. The molecular formula is C16H28N2O2. The lowest BCUT2D eigenvalue weighted by molar-refractivity contribution is -0.152. The fraction of sp³-hybridized carbons (Fsp3) is 0.875. The summed E-state index contributed by atoms with van der Waals surface area (Å²) in [7, 11) is 0. The summed E-state index contributed by atoms with van der Waals surface area (Å²) in [6, 6.07) is -0.646. The zero-order valence-electron chi connectivity index (χ0n) is 13.2. The van der Waals surface area contributed by atoms with Crippen molar-refractivity contribution in [1.82, 2.24) is 10.2 Å². The summed E-state index contributed by atoms with van der Waals surface area (Å²) in [5, 5.41) is 2.94. The van der Waals surface area contributed by atoms with Crippen LogP contribution in [0.15, 0.2) is 0 Å². The van der Waals surface area contributed by atoms with Crippen LogP contribution in [0.1, 0.15) is 59.8 Å². The lowest BCUT2D eigenvalue weighted by atomic mass is 9.83. The predicted molar refractivity (Wildman–Crippen MR) is 79.1 cm³/mol. The van der Waals surface area contributed by atoms with Gasteiger partial charge in [0.15, 0.2) is 0 Å². The fourth-order valence-corrected chi connectivity index (χ4v) is 2.90. The Labute approximate surface area is 122 Å². The molecule has 114 valence electrons. The monoisotopic (exact) mass is 280 g/mol. The summed E-state index contributed by atoms with van der Waals surface area (Å²) in [6.45, 7) is 8.83. The standard InChI is InChI=1S/C16H28N2O2/c1-5-6-12-14(19)17-13(16(2,3)4)15(20)18(12)10-9-11-7-8-11/h11-13H,5-10H2,1-4H3,(H,17,19). The number of piperazine rings is 1. The first kappa shape index (κ1) is 15.3. The van der Waals surface area contributed by atoms with Gasteiger partial charge < -0.3 is 10.2 Å². The van der Waals surface area contributed by atoms with Gasteiger partial charge in [-0.1, -0.05) is 47.0 Å². The molecule has 1 saturated carbocycles. The molecule has 0 spiro atoms. The number of nitrogens with zero attached hydrogens (tertiary/aromatic N) is 1. The van der Waals surface area contributed by atoms with Crippen molar-refractivity contribution < 1.29 is 9.59 Å². The van der Waals surface area contributed by atoms with Crippen molar-refractivity contribution in [2.24, 2.45) is 11.3 Å². The summed E-state index contributed by atoms with van der Waals surface area (Å²) >= 11 is 0. The maximum atomic E-state index is 12.7. The molecular weight excluding hydrogens is 252 g/mol. The number of carbonyl (C=O) groups excluding carboxylic acids is 2.